The topological polar surface area (TPSA) is 53.3 Å². The number of carbonyl (C=O) groups excluding carboxylic acids is 1. The van der Waals surface area contributed by atoms with Crippen molar-refractivity contribution in [2.24, 2.45) is 0 Å². The number of nitrogens with zero attached hydrogens (tertiary/aromatic N) is 2. The zero-order valence-corrected chi connectivity index (χ0v) is 13.6. The first-order chi connectivity index (χ1) is 11.2. The second-order valence-electron chi connectivity index (χ2n) is 6.63. The molecule has 0 bridgehead atoms. The molecule has 1 aliphatic carbocycles. The van der Waals surface area contributed by atoms with E-state index in [-0.39, 0.29) is 12.2 Å². The number of nitriles is 1. The Morgan fingerprint density at radius 3 is 2.43 bits per heavy atom. The van der Waals surface area contributed by atoms with Crippen LogP contribution in [-0.4, -0.2) is 37.0 Å². The van der Waals surface area contributed by atoms with E-state index in [2.05, 4.69) is 29.2 Å². The predicted octanol–water partition coefficient (Wildman–Crippen LogP) is 2.81. The van der Waals surface area contributed by atoms with E-state index in [0.717, 1.165) is 64.1 Å². The third-order valence-corrected chi connectivity index (χ3v) is 5.25. The van der Waals surface area contributed by atoms with Gasteiger partial charge in [-0.1, -0.05) is 37.1 Å². The molecule has 2 fully saturated rings. The Morgan fingerprint density at radius 1 is 1.17 bits per heavy atom. The van der Waals surface area contributed by atoms with Crippen LogP contribution in [0.15, 0.2) is 24.3 Å². The summed E-state index contributed by atoms with van der Waals surface area (Å²) in [5.74, 6) is 0.0958. The molecule has 1 heterocycles. The lowest BCUT2D eigenvalue weighted by Gasteiger charge is -2.29. The number of Topliss-reactive ketones (excluding diaryl/α,β-unsaturated/α-hetero) is 1. The highest BCUT2D eigenvalue weighted by Crippen LogP contribution is 2.42. The molecule has 0 spiro atoms. The molecule has 1 saturated heterocycles. The van der Waals surface area contributed by atoms with Crippen LogP contribution in [0.25, 0.3) is 0 Å². The van der Waals surface area contributed by atoms with E-state index in [1.165, 1.54) is 5.56 Å². The fourth-order valence-corrected chi connectivity index (χ4v) is 3.89. The van der Waals surface area contributed by atoms with Crippen molar-refractivity contribution in [1.29, 1.82) is 5.26 Å². The Labute approximate surface area is 138 Å². The summed E-state index contributed by atoms with van der Waals surface area (Å²) in [6.07, 6.45) is 3.95. The van der Waals surface area contributed by atoms with Crippen LogP contribution < -0.4 is 0 Å². The number of rotatable bonds is 5. The fraction of sp³-hybridized carbons (Fsp3) is 0.579. The van der Waals surface area contributed by atoms with Crippen LogP contribution in [0.5, 0.6) is 0 Å². The van der Waals surface area contributed by atoms with Crippen molar-refractivity contribution in [2.45, 2.75) is 44.1 Å². The second-order valence-corrected chi connectivity index (χ2v) is 6.63. The molecule has 1 aromatic carbocycles. The molecule has 1 saturated carbocycles. The molecule has 1 aromatic rings. The Hall–Kier alpha value is -1.70. The van der Waals surface area contributed by atoms with Crippen LogP contribution in [0.4, 0.5) is 0 Å². The van der Waals surface area contributed by atoms with Gasteiger partial charge >= 0.3 is 0 Å². The molecule has 0 N–H and O–H groups in total. The van der Waals surface area contributed by atoms with E-state index in [1.807, 2.05) is 6.07 Å². The summed E-state index contributed by atoms with van der Waals surface area (Å²) in [5.41, 5.74) is 1.96. The second kappa shape index (κ2) is 7.25. The number of hydrogen-bond donors (Lipinski definition) is 0. The van der Waals surface area contributed by atoms with E-state index < -0.39 is 5.41 Å². The fourth-order valence-electron chi connectivity index (χ4n) is 3.89. The molecule has 1 aliphatic heterocycles. The number of hydrogen-bond acceptors (Lipinski definition) is 4. The smallest absolute Gasteiger partial charge is 0.157 e. The van der Waals surface area contributed by atoms with E-state index in [0.29, 0.717) is 0 Å². The van der Waals surface area contributed by atoms with Gasteiger partial charge in [0.05, 0.1) is 31.1 Å². The van der Waals surface area contributed by atoms with Gasteiger partial charge in [0.1, 0.15) is 0 Å². The highest BCUT2D eigenvalue weighted by Gasteiger charge is 2.41. The van der Waals surface area contributed by atoms with Gasteiger partial charge in [-0.05, 0) is 24.0 Å². The number of benzene rings is 1. The number of morpholine rings is 1. The molecular formula is C19H24N2O2. The van der Waals surface area contributed by atoms with Crippen molar-refractivity contribution in [2.75, 3.05) is 26.3 Å². The minimum Gasteiger partial charge on any atom is -0.379 e. The maximum atomic E-state index is 12.5. The minimum atomic E-state index is -0.409. The zero-order chi connectivity index (χ0) is 16.1. The van der Waals surface area contributed by atoms with Crippen molar-refractivity contribution in [3.05, 3.63) is 35.4 Å². The van der Waals surface area contributed by atoms with Gasteiger partial charge in [-0.25, -0.2) is 0 Å². The highest BCUT2D eigenvalue weighted by molar-refractivity contribution is 5.91. The number of carbonyl (C=O) groups is 1. The van der Waals surface area contributed by atoms with Gasteiger partial charge in [0.15, 0.2) is 5.78 Å². The lowest BCUT2D eigenvalue weighted by Crippen LogP contribution is -2.35. The molecule has 0 radical (unpaired) electrons. The van der Waals surface area contributed by atoms with Crippen LogP contribution >= 0.6 is 0 Å². The van der Waals surface area contributed by atoms with Crippen LogP contribution in [0.2, 0.25) is 0 Å². The molecule has 4 heteroatoms. The van der Waals surface area contributed by atoms with Gasteiger partial charge in [-0.3, -0.25) is 9.69 Å². The average molecular weight is 312 g/mol. The number of ether oxygens (including phenoxy) is 1. The molecule has 0 unspecified atom stereocenters. The Kier molecular flexibility index (Phi) is 5.09. The van der Waals surface area contributed by atoms with Crippen LogP contribution in [-0.2, 0) is 21.5 Å². The highest BCUT2D eigenvalue weighted by atomic mass is 16.5. The van der Waals surface area contributed by atoms with Crippen molar-refractivity contribution < 1.29 is 9.53 Å². The first kappa shape index (κ1) is 16.2. The summed E-state index contributed by atoms with van der Waals surface area (Å²) >= 11 is 0. The van der Waals surface area contributed by atoms with Crippen LogP contribution in [0, 0.1) is 11.3 Å². The lowest BCUT2D eigenvalue weighted by atomic mass is 9.74. The van der Waals surface area contributed by atoms with Crippen molar-refractivity contribution in [3.63, 3.8) is 0 Å². The third-order valence-electron chi connectivity index (χ3n) is 5.25. The van der Waals surface area contributed by atoms with Crippen molar-refractivity contribution >= 4 is 5.78 Å². The summed E-state index contributed by atoms with van der Waals surface area (Å²) in [7, 11) is 0. The SMILES string of the molecule is N#CCC(=O)C1(c2ccc(CN3CCOCC3)cc2)CCCC1. The molecule has 0 amide bonds. The molecule has 0 atom stereocenters. The molecule has 2 aliphatic rings. The van der Waals surface area contributed by atoms with Crippen molar-refractivity contribution in [1.82, 2.24) is 4.90 Å². The largest absolute Gasteiger partial charge is 0.379 e. The van der Waals surface area contributed by atoms with E-state index in [4.69, 9.17) is 10.00 Å². The number of ketones is 1. The maximum Gasteiger partial charge on any atom is 0.157 e. The van der Waals surface area contributed by atoms with E-state index in [1.54, 1.807) is 0 Å². The van der Waals surface area contributed by atoms with E-state index in [9.17, 15) is 4.79 Å². The summed E-state index contributed by atoms with van der Waals surface area (Å²) in [5, 5.41) is 8.90. The first-order valence-corrected chi connectivity index (χ1v) is 8.54. The predicted molar refractivity (Wildman–Crippen MR) is 87.9 cm³/mol. The van der Waals surface area contributed by atoms with E-state index >= 15 is 0 Å². The normalized spacial score (nSPS) is 21.0. The molecule has 4 nitrogen and oxygen atoms in total. The maximum absolute atomic E-state index is 12.5. The van der Waals surface area contributed by atoms with Gasteiger partial charge in [-0.15, -0.1) is 0 Å². The Balaban J connectivity index is 1.74. The van der Waals surface area contributed by atoms with Crippen LogP contribution in [0.3, 0.4) is 0 Å². The Bertz CT molecular complexity index is 576. The molecule has 23 heavy (non-hydrogen) atoms. The molecule has 122 valence electrons. The Morgan fingerprint density at radius 2 is 1.83 bits per heavy atom. The van der Waals surface area contributed by atoms with Gasteiger partial charge in [0.2, 0.25) is 0 Å². The standard InChI is InChI=1S/C19H24N2O2/c20-10-7-18(22)19(8-1-2-9-19)17-5-3-16(4-6-17)15-21-11-13-23-14-12-21/h3-6H,1-2,7-9,11-15H2. The van der Waals surface area contributed by atoms with Crippen LogP contribution in [0.1, 0.15) is 43.2 Å². The van der Waals surface area contributed by atoms with Gasteiger partial charge in [-0.2, -0.15) is 5.26 Å². The van der Waals surface area contributed by atoms with Gasteiger partial charge in [0, 0.05) is 19.6 Å². The summed E-state index contributed by atoms with van der Waals surface area (Å²) in [6, 6.07) is 10.5. The summed E-state index contributed by atoms with van der Waals surface area (Å²) in [4.78, 5) is 14.9. The lowest BCUT2D eigenvalue weighted by molar-refractivity contribution is -0.123. The minimum absolute atomic E-state index is 0.0233. The summed E-state index contributed by atoms with van der Waals surface area (Å²) < 4.78 is 5.38. The molecule has 0 aromatic heterocycles. The summed E-state index contributed by atoms with van der Waals surface area (Å²) in [6.45, 7) is 4.51. The molecule has 3 rings (SSSR count). The average Bonchev–Trinajstić information content (AvgIpc) is 3.08. The third kappa shape index (κ3) is 3.46. The zero-order valence-electron chi connectivity index (χ0n) is 13.6. The molecular weight excluding hydrogens is 288 g/mol. The first-order valence-electron chi connectivity index (χ1n) is 8.54. The van der Waals surface area contributed by atoms with Gasteiger partial charge in [0.25, 0.3) is 0 Å². The van der Waals surface area contributed by atoms with Gasteiger partial charge < -0.3 is 4.74 Å². The van der Waals surface area contributed by atoms with Crippen molar-refractivity contribution in [3.8, 4) is 6.07 Å². The quantitative estimate of drug-likeness (QED) is 0.839. The monoisotopic (exact) mass is 312 g/mol.